The second kappa shape index (κ2) is 8.92. The van der Waals surface area contributed by atoms with Crippen molar-refractivity contribution in [1.29, 1.82) is 0 Å². The Hall–Kier alpha value is -3.12. The summed E-state index contributed by atoms with van der Waals surface area (Å²) in [6, 6.07) is 15.3. The van der Waals surface area contributed by atoms with Crippen molar-refractivity contribution in [3.8, 4) is 11.6 Å². The zero-order chi connectivity index (χ0) is 21.0. The average Bonchev–Trinajstić information content (AvgIpc) is 2.64. The van der Waals surface area contributed by atoms with Crippen LogP contribution >= 0.6 is 0 Å². The third kappa shape index (κ3) is 5.03. The second-order valence-corrected chi connectivity index (χ2v) is 7.45. The number of benzene rings is 2. The topological polar surface area (TPSA) is 73.3 Å². The van der Waals surface area contributed by atoms with Gasteiger partial charge in [0.1, 0.15) is 12.5 Å². The fraction of sp³-hybridized carbons (Fsp3) is 0.304. The van der Waals surface area contributed by atoms with Crippen LogP contribution in [0.3, 0.4) is 0 Å². The van der Waals surface area contributed by atoms with Crippen molar-refractivity contribution in [3.05, 3.63) is 91.6 Å². The van der Waals surface area contributed by atoms with Crippen LogP contribution in [0, 0.1) is 13.8 Å². The average molecular weight is 394 g/mol. The van der Waals surface area contributed by atoms with E-state index in [1.807, 2.05) is 76.2 Å². The molecule has 1 N–H and O–H groups in total. The van der Waals surface area contributed by atoms with Gasteiger partial charge in [-0.05, 0) is 48.6 Å². The van der Waals surface area contributed by atoms with E-state index in [1.54, 1.807) is 0 Å². The van der Waals surface area contributed by atoms with Gasteiger partial charge in [0, 0.05) is 0 Å². The van der Waals surface area contributed by atoms with Gasteiger partial charge < -0.3 is 9.47 Å². The number of rotatable bonds is 7. The highest BCUT2D eigenvalue weighted by atomic mass is 16.5. The number of nitrogens with one attached hydrogen (secondary N) is 1. The summed E-state index contributed by atoms with van der Waals surface area (Å²) >= 11 is 0. The van der Waals surface area contributed by atoms with Gasteiger partial charge >= 0.3 is 5.69 Å². The molecular weight excluding hydrogens is 368 g/mol. The molecule has 2 aromatic carbocycles. The molecule has 152 valence electrons. The number of hydrogen-bond donors (Lipinski definition) is 1. The molecular formula is C23H26N2O4. The van der Waals surface area contributed by atoms with Crippen LogP contribution in [0.25, 0.3) is 0 Å². The van der Waals surface area contributed by atoms with Crippen molar-refractivity contribution >= 4 is 0 Å². The maximum absolute atomic E-state index is 13.0. The highest BCUT2D eigenvalue weighted by Crippen LogP contribution is 2.26. The third-order valence-electron chi connectivity index (χ3n) is 4.51. The summed E-state index contributed by atoms with van der Waals surface area (Å²) in [4.78, 5) is 28.3. The zero-order valence-electron chi connectivity index (χ0n) is 17.2. The smallest absolute Gasteiger partial charge is 0.333 e. The molecule has 3 rings (SSSR count). The largest absolute Gasteiger partial charge is 0.440 e. The molecule has 0 unspecified atom stereocenters. The summed E-state index contributed by atoms with van der Waals surface area (Å²) in [7, 11) is 0. The van der Waals surface area contributed by atoms with E-state index in [1.165, 1.54) is 0 Å². The van der Waals surface area contributed by atoms with Crippen LogP contribution in [0.15, 0.2) is 58.1 Å². The Bertz CT molecular complexity index is 1080. The van der Waals surface area contributed by atoms with Crippen molar-refractivity contribution in [2.75, 3.05) is 0 Å². The van der Waals surface area contributed by atoms with Crippen LogP contribution < -0.4 is 16.0 Å². The minimum Gasteiger partial charge on any atom is -0.440 e. The molecule has 0 aliphatic rings. The van der Waals surface area contributed by atoms with Crippen LogP contribution in [-0.2, 0) is 18.1 Å². The van der Waals surface area contributed by atoms with Crippen LogP contribution in [0.5, 0.6) is 11.6 Å². The summed E-state index contributed by atoms with van der Waals surface area (Å²) in [5.41, 5.74) is 2.48. The van der Waals surface area contributed by atoms with E-state index in [-0.39, 0.29) is 18.5 Å². The summed E-state index contributed by atoms with van der Waals surface area (Å²) in [6.07, 6.45) is 0. The lowest BCUT2D eigenvalue weighted by Crippen LogP contribution is -2.38. The number of hydrogen-bond acceptors (Lipinski definition) is 4. The fourth-order valence-electron chi connectivity index (χ4n) is 3.21. The maximum Gasteiger partial charge on any atom is 0.333 e. The van der Waals surface area contributed by atoms with Crippen LogP contribution in [0.4, 0.5) is 0 Å². The van der Waals surface area contributed by atoms with E-state index in [4.69, 9.17) is 9.47 Å². The Labute approximate surface area is 169 Å². The Morgan fingerprint density at radius 3 is 2.28 bits per heavy atom. The first-order chi connectivity index (χ1) is 13.8. The van der Waals surface area contributed by atoms with Gasteiger partial charge in [-0.15, -0.1) is 0 Å². The molecule has 3 aromatic rings. The molecule has 6 heteroatoms. The van der Waals surface area contributed by atoms with Gasteiger partial charge in [0.05, 0.1) is 12.2 Å². The molecule has 6 nitrogen and oxygen atoms in total. The molecule has 0 bridgehead atoms. The van der Waals surface area contributed by atoms with Crippen molar-refractivity contribution in [2.24, 2.45) is 0 Å². The zero-order valence-corrected chi connectivity index (χ0v) is 17.2. The molecule has 1 aromatic heterocycles. The van der Waals surface area contributed by atoms with Crippen LogP contribution in [-0.4, -0.2) is 9.55 Å². The Morgan fingerprint density at radius 2 is 1.66 bits per heavy atom. The molecule has 0 saturated heterocycles. The first-order valence-electron chi connectivity index (χ1n) is 9.60. The van der Waals surface area contributed by atoms with Gasteiger partial charge in [0.25, 0.3) is 5.56 Å². The Morgan fingerprint density at radius 1 is 1.00 bits per heavy atom. The van der Waals surface area contributed by atoms with Gasteiger partial charge in [0.15, 0.2) is 0 Å². The summed E-state index contributed by atoms with van der Waals surface area (Å²) in [5.74, 6) is 0.623. The van der Waals surface area contributed by atoms with E-state index in [0.717, 1.165) is 21.3 Å². The summed E-state index contributed by atoms with van der Waals surface area (Å²) in [5, 5.41) is 0. The predicted molar refractivity (Wildman–Crippen MR) is 113 cm³/mol. The minimum atomic E-state index is -0.563. The first-order valence-corrected chi connectivity index (χ1v) is 9.60. The van der Waals surface area contributed by atoms with Gasteiger partial charge in [-0.1, -0.05) is 50.2 Å². The standard InChI is InChI=1S/C23H26N2O4/c1-15(2)20-21(29-19-11-16(3)10-17(4)12-19)24-23(27)25(22(20)26)14-28-13-18-8-6-5-7-9-18/h5-12,15H,13-14H2,1-4H3,(H,24,27). The second-order valence-electron chi connectivity index (χ2n) is 7.45. The normalized spacial score (nSPS) is 11.1. The lowest BCUT2D eigenvalue weighted by molar-refractivity contribution is 0.0583. The molecule has 1 heterocycles. The maximum atomic E-state index is 13.0. The van der Waals surface area contributed by atoms with Crippen molar-refractivity contribution in [3.63, 3.8) is 0 Å². The Kier molecular flexibility index (Phi) is 6.34. The van der Waals surface area contributed by atoms with E-state index in [0.29, 0.717) is 17.9 Å². The molecule has 0 aliphatic carbocycles. The molecule has 0 radical (unpaired) electrons. The molecule has 29 heavy (non-hydrogen) atoms. The van der Waals surface area contributed by atoms with E-state index in [2.05, 4.69) is 4.98 Å². The number of nitrogens with zero attached hydrogens (tertiary/aromatic N) is 1. The van der Waals surface area contributed by atoms with Crippen LogP contribution in [0.2, 0.25) is 0 Å². The molecule has 0 fully saturated rings. The minimum absolute atomic E-state index is 0.132. The molecule has 0 saturated carbocycles. The molecule has 0 atom stereocenters. The van der Waals surface area contributed by atoms with Crippen molar-refractivity contribution in [1.82, 2.24) is 9.55 Å². The van der Waals surface area contributed by atoms with E-state index >= 15 is 0 Å². The number of aromatic amines is 1. The van der Waals surface area contributed by atoms with Gasteiger partial charge in [-0.3, -0.25) is 9.78 Å². The van der Waals surface area contributed by atoms with Gasteiger partial charge in [-0.2, -0.15) is 0 Å². The molecule has 0 spiro atoms. The van der Waals surface area contributed by atoms with E-state index in [9.17, 15) is 9.59 Å². The van der Waals surface area contributed by atoms with Gasteiger partial charge in [-0.25, -0.2) is 9.36 Å². The summed E-state index contributed by atoms with van der Waals surface area (Å²) < 4.78 is 12.6. The third-order valence-corrected chi connectivity index (χ3v) is 4.51. The molecule has 0 amide bonds. The number of aryl methyl sites for hydroxylation is 2. The highest BCUT2D eigenvalue weighted by molar-refractivity contribution is 5.37. The fourth-order valence-corrected chi connectivity index (χ4v) is 3.21. The van der Waals surface area contributed by atoms with Gasteiger partial charge in [0.2, 0.25) is 5.88 Å². The molecule has 0 aliphatic heterocycles. The van der Waals surface area contributed by atoms with Crippen LogP contribution in [0.1, 0.15) is 42.0 Å². The quantitative estimate of drug-likeness (QED) is 0.650. The highest BCUT2D eigenvalue weighted by Gasteiger charge is 2.19. The lowest BCUT2D eigenvalue weighted by atomic mass is 10.1. The SMILES string of the molecule is Cc1cc(C)cc(Oc2[nH]c(=O)n(COCc3ccccc3)c(=O)c2C(C)C)c1. The monoisotopic (exact) mass is 394 g/mol. The van der Waals surface area contributed by atoms with E-state index < -0.39 is 11.2 Å². The number of H-pyrrole nitrogens is 1. The predicted octanol–water partition coefficient (Wildman–Crippen LogP) is 4.24. The number of ether oxygens (including phenoxy) is 2. The number of aromatic nitrogens is 2. The Balaban J connectivity index is 1.89. The first kappa shape index (κ1) is 20.6. The van der Waals surface area contributed by atoms with Crippen molar-refractivity contribution in [2.45, 2.75) is 47.0 Å². The lowest BCUT2D eigenvalue weighted by Gasteiger charge is -2.16. The van der Waals surface area contributed by atoms with Crippen molar-refractivity contribution < 1.29 is 9.47 Å². The summed E-state index contributed by atoms with van der Waals surface area (Å²) in [6.45, 7) is 7.89.